The number of benzene rings is 1. The highest BCUT2D eigenvalue weighted by molar-refractivity contribution is 6.30. The minimum Gasteiger partial charge on any atom is -0.493 e. The molecule has 4 N–H and O–H groups in total. The average molecular weight is 463 g/mol. The van der Waals surface area contributed by atoms with Crippen molar-refractivity contribution in [1.82, 2.24) is 24.6 Å². The van der Waals surface area contributed by atoms with Gasteiger partial charge in [0.15, 0.2) is 11.1 Å². The van der Waals surface area contributed by atoms with Crippen molar-refractivity contribution >= 4 is 34.8 Å². The van der Waals surface area contributed by atoms with E-state index in [0.29, 0.717) is 27.2 Å². The second kappa shape index (κ2) is 8.11. The van der Waals surface area contributed by atoms with E-state index in [9.17, 15) is 9.90 Å². The molecule has 166 valence electrons. The number of hydrogen-bond acceptors (Lipinski definition) is 6. The predicted octanol–water partition coefficient (Wildman–Crippen LogP) is 2.44. The van der Waals surface area contributed by atoms with E-state index in [1.807, 2.05) is 25.1 Å². The Hall–Kier alpha value is -4.10. The molecule has 33 heavy (non-hydrogen) atoms. The van der Waals surface area contributed by atoms with Crippen LogP contribution in [-0.2, 0) is 0 Å². The molecule has 5 rings (SSSR count). The highest BCUT2D eigenvalue weighted by Crippen LogP contribution is 2.27. The summed E-state index contributed by atoms with van der Waals surface area (Å²) >= 11 is 6.14. The molecule has 10 nitrogen and oxygen atoms in total. The van der Waals surface area contributed by atoms with Crippen molar-refractivity contribution in [2.45, 2.75) is 31.8 Å². The van der Waals surface area contributed by atoms with Crippen LogP contribution in [0.3, 0.4) is 0 Å². The van der Waals surface area contributed by atoms with Gasteiger partial charge in [0.1, 0.15) is 11.5 Å². The summed E-state index contributed by atoms with van der Waals surface area (Å²) in [6, 6.07) is 7.43. The molecule has 3 heterocycles. The van der Waals surface area contributed by atoms with Crippen LogP contribution in [0, 0.1) is 6.57 Å². The van der Waals surface area contributed by atoms with Gasteiger partial charge in [0.25, 0.3) is 5.69 Å². The molecule has 0 spiro atoms. The molecule has 1 fully saturated rings. The van der Waals surface area contributed by atoms with Crippen molar-refractivity contribution in [2.24, 2.45) is 4.99 Å². The Kier molecular flexibility index (Phi) is 5.11. The standard InChI is InChI=1S/C22H19ClN8O2/c1-11(12-4-3-5-14(23)8-12)26-18-17(24-2)20(27-15-6-7-15)31-19(29-18)13(10-25-31)9-16-21(32)30-22(33)28-16/h3-5,8-11,15,26,32H,6-7H2,1H3,(H2,28,30,33)/t11-/m1/s1. The Balaban J connectivity index is 1.70. The van der Waals surface area contributed by atoms with Crippen LogP contribution < -0.4 is 21.7 Å². The fourth-order valence-corrected chi connectivity index (χ4v) is 3.70. The Morgan fingerprint density at radius 1 is 1.42 bits per heavy atom. The van der Waals surface area contributed by atoms with Crippen molar-refractivity contribution in [3.05, 3.63) is 79.4 Å². The highest BCUT2D eigenvalue weighted by atomic mass is 35.5. The minimum atomic E-state index is -0.527. The molecule has 11 heteroatoms. The van der Waals surface area contributed by atoms with Gasteiger partial charge in [-0.2, -0.15) is 5.10 Å². The summed E-state index contributed by atoms with van der Waals surface area (Å²) in [5, 5.41) is 18.8. The van der Waals surface area contributed by atoms with E-state index >= 15 is 0 Å². The minimum absolute atomic E-state index is 0.149. The molecular formula is C22H19ClN8O2. The smallest absolute Gasteiger partial charge is 0.326 e. The molecule has 3 aromatic heterocycles. The molecule has 1 aliphatic carbocycles. The zero-order valence-corrected chi connectivity index (χ0v) is 18.3. The predicted molar refractivity (Wildman–Crippen MR) is 123 cm³/mol. The molecule has 4 aromatic rings. The molecule has 1 aromatic carbocycles. The lowest BCUT2D eigenvalue weighted by Gasteiger charge is -2.17. The first-order chi connectivity index (χ1) is 15.9. The molecule has 0 saturated heterocycles. The fourth-order valence-electron chi connectivity index (χ4n) is 3.50. The second-order valence-corrected chi connectivity index (χ2v) is 8.28. The monoisotopic (exact) mass is 462 g/mol. The Labute approximate surface area is 192 Å². The molecule has 0 aliphatic heterocycles. The summed E-state index contributed by atoms with van der Waals surface area (Å²) < 4.78 is 1.52. The number of hydrogen-bond donors (Lipinski definition) is 4. The van der Waals surface area contributed by atoms with Gasteiger partial charge in [-0.3, -0.25) is 9.98 Å². The molecule has 1 atom stereocenters. The normalized spacial score (nSPS) is 15.7. The maximum Gasteiger partial charge on any atom is 0.326 e. The van der Waals surface area contributed by atoms with Gasteiger partial charge in [-0.15, -0.1) is 0 Å². The average Bonchev–Trinajstić information content (AvgIpc) is 3.43. The number of anilines is 1. The van der Waals surface area contributed by atoms with E-state index in [0.717, 1.165) is 18.4 Å². The zero-order valence-electron chi connectivity index (χ0n) is 17.5. The van der Waals surface area contributed by atoms with E-state index in [-0.39, 0.29) is 29.3 Å². The van der Waals surface area contributed by atoms with Crippen molar-refractivity contribution in [3.8, 4) is 5.88 Å². The molecule has 0 amide bonds. The zero-order chi connectivity index (χ0) is 23.1. The number of H-pyrrole nitrogens is 2. The fraction of sp³-hybridized carbons (Fsp3) is 0.227. The molecule has 0 unspecified atom stereocenters. The summed E-state index contributed by atoms with van der Waals surface area (Å²) in [4.78, 5) is 29.4. The number of rotatable bonds is 5. The van der Waals surface area contributed by atoms with Gasteiger partial charge >= 0.3 is 5.69 Å². The first-order valence-corrected chi connectivity index (χ1v) is 10.7. The molecular weight excluding hydrogens is 444 g/mol. The summed E-state index contributed by atoms with van der Waals surface area (Å²) in [6.45, 7) is 9.76. The van der Waals surface area contributed by atoms with Crippen LogP contribution in [0.5, 0.6) is 5.88 Å². The van der Waals surface area contributed by atoms with Gasteiger partial charge in [0, 0.05) is 16.3 Å². The summed E-state index contributed by atoms with van der Waals surface area (Å²) in [6.07, 6.45) is 5.03. The number of nitrogens with zero attached hydrogens (tertiary/aromatic N) is 5. The van der Waals surface area contributed by atoms with Gasteiger partial charge < -0.3 is 15.4 Å². The lowest BCUT2D eigenvalue weighted by atomic mass is 10.1. The first kappa shape index (κ1) is 20.8. The third-order valence-electron chi connectivity index (χ3n) is 5.33. The second-order valence-electron chi connectivity index (χ2n) is 7.85. The number of nitrogens with one attached hydrogen (secondary N) is 3. The van der Waals surface area contributed by atoms with E-state index in [1.54, 1.807) is 18.3 Å². The number of halogens is 1. The number of imidazole rings is 1. The van der Waals surface area contributed by atoms with Crippen LogP contribution in [0.1, 0.15) is 37.1 Å². The lowest BCUT2D eigenvalue weighted by Crippen LogP contribution is -2.22. The van der Waals surface area contributed by atoms with Crippen molar-refractivity contribution in [1.29, 1.82) is 0 Å². The van der Waals surface area contributed by atoms with E-state index < -0.39 is 5.69 Å². The topological polar surface area (TPSA) is 128 Å². The van der Waals surface area contributed by atoms with Crippen LogP contribution in [0.15, 0.2) is 40.2 Å². The van der Waals surface area contributed by atoms with Gasteiger partial charge in [0.05, 0.1) is 18.8 Å². The van der Waals surface area contributed by atoms with Crippen LogP contribution in [0.4, 0.5) is 11.5 Å². The lowest BCUT2D eigenvalue weighted by molar-refractivity contribution is 0.454. The highest BCUT2D eigenvalue weighted by Gasteiger charge is 2.23. The van der Waals surface area contributed by atoms with E-state index in [1.165, 1.54) is 4.52 Å². The van der Waals surface area contributed by atoms with Gasteiger partial charge in [0.2, 0.25) is 5.88 Å². The van der Waals surface area contributed by atoms with Crippen LogP contribution in [-0.4, -0.2) is 35.7 Å². The Morgan fingerprint density at radius 3 is 2.91 bits per heavy atom. The maximum absolute atomic E-state index is 11.5. The van der Waals surface area contributed by atoms with Gasteiger partial charge in [-0.25, -0.2) is 19.1 Å². The molecule has 0 bridgehead atoms. The van der Waals surface area contributed by atoms with Crippen molar-refractivity contribution in [2.75, 3.05) is 5.32 Å². The Bertz CT molecular complexity index is 1590. The maximum atomic E-state index is 11.5. The van der Waals surface area contributed by atoms with Crippen LogP contribution in [0.25, 0.3) is 16.6 Å². The number of fused-ring (bicyclic) bond motifs is 1. The number of aromatic amines is 2. The quantitative estimate of drug-likeness (QED) is 0.339. The third kappa shape index (κ3) is 4.06. The first-order valence-electron chi connectivity index (χ1n) is 10.3. The molecule has 1 saturated carbocycles. The third-order valence-corrected chi connectivity index (χ3v) is 5.56. The summed E-state index contributed by atoms with van der Waals surface area (Å²) in [7, 11) is 0. The van der Waals surface area contributed by atoms with E-state index in [4.69, 9.17) is 23.2 Å². The largest absolute Gasteiger partial charge is 0.493 e. The molecule has 0 radical (unpaired) electrons. The van der Waals surface area contributed by atoms with E-state index in [2.05, 4.69) is 30.2 Å². The number of aromatic nitrogens is 5. The molecule has 1 aliphatic rings. The van der Waals surface area contributed by atoms with Crippen LogP contribution >= 0.6 is 11.6 Å². The van der Waals surface area contributed by atoms with Crippen molar-refractivity contribution < 1.29 is 5.11 Å². The van der Waals surface area contributed by atoms with Crippen molar-refractivity contribution in [3.63, 3.8) is 0 Å². The summed E-state index contributed by atoms with van der Waals surface area (Å²) in [5.41, 5.74) is 1.74. The summed E-state index contributed by atoms with van der Waals surface area (Å²) in [5.74, 6) is 0.0826. The SMILES string of the molecule is [C-]#[N+]c1c(N[C@H](C)c2cccc(Cl)c2)nc2c(=Cc3[nH]c(=O)[nH]c3O)cnn2c1=NC1CC1. The van der Waals surface area contributed by atoms with Gasteiger partial charge in [-0.1, -0.05) is 23.7 Å². The Morgan fingerprint density at radius 2 is 2.24 bits per heavy atom. The van der Waals surface area contributed by atoms with Crippen LogP contribution in [0.2, 0.25) is 5.02 Å². The van der Waals surface area contributed by atoms with Gasteiger partial charge in [-0.05, 0) is 43.5 Å². The number of aromatic hydroxyl groups is 1.